The molecular weight excluding hydrogens is 436 g/mol. The highest BCUT2D eigenvalue weighted by Crippen LogP contribution is 2.33. The summed E-state index contributed by atoms with van der Waals surface area (Å²) in [6.07, 6.45) is 1.04. The summed E-state index contributed by atoms with van der Waals surface area (Å²) in [5.41, 5.74) is 0.491. The van der Waals surface area contributed by atoms with Crippen molar-refractivity contribution in [2.45, 2.75) is 37.0 Å². The van der Waals surface area contributed by atoms with Gasteiger partial charge in [-0.15, -0.1) is 0 Å². The Morgan fingerprint density at radius 2 is 2.00 bits per heavy atom. The summed E-state index contributed by atoms with van der Waals surface area (Å²) in [5, 5.41) is 21.7. The van der Waals surface area contributed by atoms with E-state index in [0.717, 1.165) is 0 Å². The number of pyridine rings is 1. The SMILES string of the molecule is Cc1c(C#N)c(C#N)nc(N2CCCC(F)(F)CC2)c1C(=O)Nc1cccc(S(C)=O)c1. The zero-order chi connectivity index (χ0) is 23.5. The van der Waals surface area contributed by atoms with Gasteiger partial charge in [-0.05, 0) is 37.1 Å². The summed E-state index contributed by atoms with van der Waals surface area (Å²) in [6, 6.07) is 10.3. The van der Waals surface area contributed by atoms with Gasteiger partial charge in [0.2, 0.25) is 5.92 Å². The topological polar surface area (TPSA) is 110 Å². The summed E-state index contributed by atoms with van der Waals surface area (Å²) in [5.74, 6) is -3.31. The van der Waals surface area contributed by atoms with Crippen LogP contribution in [0.4, 0.5) is 20.3 Å². The van der Waals surface area contributed by atoms with Gasteiger partial charge in [0.15, 0.2) is 5.69 Å². The number of amides is 1. The molecule has 1 N–H and O–H groups in total. The van der Waals surface area contributed by atoms with Crippen molar-refractivity contribution in [1.29, 1.82) is 10.5 Å². The van der Waals surface area contributed by atoms with Crippen molar-refractivity contribution >= 4 is 28.2 Å². The summed E-state index contributed by atoms with van der Waals surface area (Å²) >= 11 is 0. The number of nitrogens with zero attached hydrogens (tertiary/aromatic N) is 4. The molecule has 0 aliphatic carbocycles. The van der Waals surface area contributed by atoms with Crippen LogP contribution < -0.4 is 10.2 Å². The third kappa shape index (κ3) is 4.92. The minimum atomic E-state index is -2.81. The molecule has 1 atom stereocenters. The number of hydrogen-bond donors (Lipinski definition) is 1. The quantitative estimate of drug-likeness (QED) is 0.749. The number of nitrogens with one attached hydrogen (secondary N) is 1. The molecule has 0 radical (unpaired) electrons. The molecule has 0 spiro atoms. The number of hydrogen-bond acceptors (Lipinski definition) is 6. The van der Waals surface area contributed by atoms with E-state index in [-0.39, 0.29) is 54.1 Å². The van der Waals surface area contributed by atoms with Crippen LogP contribution in [0.15, 0.2) is 29.2 Å². The number of carbonyl (C=O) groups is 1. The van der Waals surface area contributed by atoms with Gasteiger partial charge >= 0.3 is 0 Å². The maximum absolute atomic E-state index is 13.9. The Morgan fingerprint density at radius 1 is 1.25 bits per heavy atom. The fraction of sp³-hybridized carbons (Fsp3) is 0.364. The number of rotatable bonds is 4. The van der Waals surface area contributed by atoms with Crippen LogP contribution in [-0.2, 0) is 10.8 Å². The van der Waals surface area contributed by atoms with Gasteiger partial charge in [0, 0.05) is 53.6 Å². The molecule has 1 aliphatic rings. The lowest BCUT2D eigenvalue weighted by Gasteiger charge is -2.25. The Hall–Kier alpha value is -3.37. The Labute approximate surface area is 187 Å². The Bertz CT molecular complexity index is 1170. The molecule has 3 rings (SSSR count). The number of halogens is 2. The van der Waals surface area contributed by atoms with Crippen LogP contribution in [0.2, 0.25) is 0 Å². The first-order valence-corrected chi connectivity index (χ1v) is 11.4. The van der Waals surface area contributed by atoms with E-state index < -0.39 is 29.1 Å². The average Bonchev–Trinajstić information content (AvgIpc) is 2.93. The molecule has 2 aromatic rings. The van der Waals surface area contributed by atoms with Gasteiger partial charge in [-0.1, -0.05) is 6.07 Å². The molecule has 1 saturated heterocycles. The van der Waals surface area contributed by atoms with Gasteiger partial charge in [-0.3, -0.25) is 9.00 Å². The number of aromatic nitrogens is 1. The zero-order valence-corrected chi connectivity index (χ0v) is 18.4. The molecule has 1 aliphatic heterocycles. The van der Waals surface area contributed by atoms with Crippen LogP contribution in [0.25, 0.3) is 0 Å². The van der Waals surface area contributed by atoms with E-state index in [1.807, 2.05) is 12.1 Å². The molecule has 166 valence electrons. The Kier molecular flexibility index (Phi) is 6.85. The van der Waals surface area contributed by atoms with Crippen molar-refractivity contribution < 1.29 is 17.8 Å². The molecule has 0 saturated carbocycles. The monoisotopic (exact) mass is 457 g/mol. The van der Waals surface area contributed by atoms with Crippen molar-refractivity contribution in [2.75, 3.05) is 29.6 Å². The normalized spacial score (nSPS) is 16.4. The molecular formula is C22H21F2N5O2S. The van der Waals surface area contributed by atoms with Gasteiger partial charge in [0.1, 0.15) is 18.0 Å². The highest BCUT2D eigenvalue weighted by molar-refractivity contribution is 7.84. The lowest BCUT2D eigenvalue weighted by Crippen LogP contribution is -2.30. The predicted octanol–water partition coefficient (Wildman–Crippen LogP) is 3.75. The molecule has 2 heterocycles. The first kappa shape index (κ1) is 23.3. The smallest absolute Gasteiger partial charge is 0.259 e. The first-order chi connectivity index (χ1) is 15.2. The lowest BCUT2D eigenvalue weighted by atomic mass is 10.0. The number of anilines is 2. The van der Waals surface area contributed by atoms with Crippen molar-refractivity contribution in [2.24, 2.45) is 0 Å². The molecule has 1 aromatic carbocycles. The summed E-state index contributed by atoms with van der Waals surface area (Å²) < 4.78 is 39.6. The van der Waals surface area contributed by atoms with Crippen LogP contribution in [0.3, 0.4) is 0 Å². The fourth-order valence-corrected chi connectivity index (χ4v) is 4.19. The second-order valence-electron chi connectivity index (χ2n) is 7.52. The van der Waals surface area contributed by atoms with Crippen molar-refractivity contribution in [3.8, 4) is 12.1 Å². The van der Waals surface area contributed by atoms with Crippen molar-refractivity contribution in [3.05, 3.63) is 46.6 Å². The fourth-order valence-electron chi connectivity index (χ4n) is 3.63. The van der Waals surface area contributed by atoms with E-state index in [1.165, 1.54) is 13.2 Å². The predicted molar refractivity (Wildman–Crippen MR) is 116 cm³/mol. The zero-order valence-electron chi connectivity index (χ0n) is 17.6. The van der Waals surface area contributed by atoms with E-state index in [0.29, 0.717) is 10.6 Å². The largest absolute Gasteiger partial charge is 0.356 e. The van der Waals surface area contributed by atoms with Crippen LogP contribution >= 0.6 is 0 Å². The molecule has 32 heavy (non-hydrogen) atoms. The van der Waals surface area contributed by atoms with Crippen LogP contribution in [-0.4, -0.2) is 40.4 Å². The Balaban J connectivity index is 2.08. The maximum atomic E-state index is 13.9. The van der Waals surface area contributed by atoms with E-state index in [9.17, 15) is 28.3 Å². The molecule has 1 amide bonds. The lowest BCUT2D eigenvalue weighted by molar-refractivity contribution is -0.0102. The molecule has 1 fully saturated rings. The highest BCUT2D eigenvalue weighted by atomic mass is 32.2. The second-order valence-corrected chi connectivity index (χ2v) is 8.89. The number of carbonyl (C=O) groups excluding carboxylic acids is 1. The van der Waals surface area contributed by atoms with Gasteiger partial charge < -0.3 is 10.2 Å². The van der Waals surface area contributed by atoms with Crippen LogP contribution in [0, 0.1) is 29.6 Å². The third-order valence-corrected chi connectivity index (χ3v) is 6.23. The highest BCUT2D eigenvalue weighted by Gasteiger charge is 2.34. The number of nitriles is 2. The second kappa shape index (κ2) is 9.41. The van der Waals surface area contributed by atoms with Crippen LogP contribution in [0.5, 0.6) is 0 Å². The van der Waals surface area contributed by atoms with Gasteiger partial charge in [-0.2, -0.15) is 10.5 Å². The van der Waals surface area contributed by atoms with Crippen LogP contribution in [0.1, 0.15) is 46.4 Å². The van der Waals surface area contributed by atoms with E-state index in [4.69, 9.17) is 0 Å². The molecule has 1 unspecified atom stereocenters. The van der Waals surface area contributed by atoms with Crippen molar-refractivity contribution in [3.63, 3.8) is 0 Å². The first-order valence-electron chi connectivity index (χ1n) is 9.89. The average molecular weight is 458 g/mol. The van der Waals surface area contributed by atoms with Crippen molar-refractivity contribution in [1.82, 2.24) is 4.98 Å². The molecule has 1 aromatic heterocycles. The summed E-state index contributed by atoms with van der Waals surface area (Å²) in [7, 11) is -1.25. The maximum Gasteiger partial charge on any atom is 0.259 e. The Morgan fingerprint density at radius 3 is 2.66 bits per heavy atom. The van der Waals surface area contributed by atoms with E-state index >= 15 is 0 Å². The number of alkyl halides is 2. The van der Waals surface area contributed by atoms with Gasteiger partial charge in [0.25, 0.3) is 5.91 Å². The molecule has 7 nitrogen and oxygen atoms in total. The summed E-state index contributed by atoms with van der Waals surface area (Å²) in [4.78, 5) is 19.6. The molecule has 10 heteroatoms. The third-order valence-electron chi connectivity index (χ3n) is 5.31. The summed E-state index contributed by atoms with van der Waals surface area (Å²) in [6.45, 7) is 1.73. The van der Waals surface area contributed by atoms with E-state index in [2.05, 4.69) is 10.3 Å². The molecule has 0 bridgehead atoms. The minimum absolute atomic E-state index is 0.0371. The van der Waals surface area contributed by atoms with E-state index in [1.54, 1.807) is 29.2 Å². The number of benzene rings is 1. The minimum Gasteiger partial charge on any atom is -0.356 e. The van der Waals surface area contributed by atoms with Gasteiger partial charge in [0.05, 0.1) is 11.1 Å². The standard InChI is InChI=1S/C22H21F2N5O2S/c1-14-17(12-25)18(13-26)28-20(29-9-4-7-22(23,24)8-10-29)19(14)21(30)27-15-5-3-6-16(11-15)32(2)31/h3,5-6,11H,4,7-10H2,1-2H3,(H,27,30). The van der Waals surface area contributed by atoms with Gasteiger partial charge in [-0.25, -0.2) is 13.8 Å².